The smallest absolute Gasteiger partial charge is 0.225 e. The number of amides is 1. The van der Waals surface area contributed by atoms with Crippen molar-refractivity contribution in [2.75, 3.05) is 26.7 Å². The molecule has 2 aliphatic rings. The van der Waals surface area contributed by atoms with Gasteiger partial charge in [-0.3, -0.25) is 9.69 Å². The van der Waals surface area contributed by atoms with Crippen molar-refractivity contribution in [3.8, 4) is 0 Å². The topological polar surface area (TPSA) is 32.3 Å². The molecular formula is C17H22N2O. The monoisotopic (exact) mass is 270 g/mol. The third-order valence-corrected chi connectivity index (χ3v) is 4.64. The molecule has 1 amide bonds. The van der Waals surface area contributed by atoms with Crippen molar-refractivity contribution < 1.29 is 4.79 Å². The van der Waals surface area contributed by atoms with Gasteiger partial charge in [0.1, 0.15) is 0 Å². The van der Waals surface area contributed by atoms with Crippen LogP contribution in [0.2, 0.25) is 0 Å². The number of rotatable bonds is 3. The predicted octanol–water partition coefficient (Wildman–Crippen LogP) is 2.08. The Labute approximate surface area is 120 Å². The molecule has 106 valence electrons. The van der Waals surface area contributed by atoms with Gasteiger partial charge < -0.3 is 5.32 Å². The van der Waals surface area contributed by atoms with Crippen LogP contribution in [0.4, 0.5) is 0 Å². The van der Waals surface area contributed by atoms with Crippen LogP contribution in [0.5, 0.6) is 0 Å². The normalized spacial score (nSPS) is 19.5. The van der Waals surface area contributed by atoms with Crippen LogP contribution in [0.15, 0.2) is 29.8 Å². The first-order chi connectivity index (χ1) is 9.69. The fourth-order valence-corrected chi connectivity index (χ4v) is 3.30. The minimum atomic E-state index is 0.181. The number of carbonyl (C=O) groups is 1. The van der Waals surface area contributed by atoms with E-state index in [-0.39, 0.29) is 11.8 Å². The van der Waals surface area contributed by atoms with Crippen LogP contribution in [0.3, 0.4) is 0 Å². The molecule has 1 saturated heterocycles. The summed E-state index contributed by atoms with van der Waals surface area (Å²) in [5, 5.41) is 2.74. The van der Waals surface area contributed by atoms with E-state index in [0.29, 0.717) is 0 Å². The first kappa shape index (κ1) is 13.4. The minimum Gasteiger partial charge on any atom is -0.359 e. The maximum Gasteiger partial charge on any atom is 0.225 e. The van der Waals surface area contributed by atoms with Crippen molar-refractivity contribution in [2.45, 2.75) is 19.8 Å². The lowest BCUT2D eigenvalue weighted by atomic mass is 9.85. The van der Waals surface area contributed by atoms with Crippen molar-refractivity contribution in [2.24, 2.45) is 5.92 Å². The van der Waals surface area contributed by atoms with Gasteiger partial charge in [0.15, 0.2) is 0 Å². The number of hydrogen-bond acceptors (Lipinski definition) is 2. The molecule has 20 heavy (non-hydrogen) atoms. The molecular weight excluding hydrogens is 248 g/mol. The van der Waals surface area contributed by atoms with Crippen molar-refractivity contribution in [1.29, 1.82) is 0 Å². The number of allylic oxidation sites excluding steroid dienone is 1. The summed E-state index contributed by atoms with van der Waals surface area (Å²) in [7, 11) is 1.72. The maximum atomic E-state index is 11.5. The van der Waals surface area contributed by atoms with Crippen molar-refractivity contribution in [3.05, 3.63) is 41.0 Å². The Bertz CT molecular complexity index is 556. The highest BCUT2D eigenvalue weighted by molar-refractivity contribution is 5.79. The van der Waals surface area contributed by atoms with E-state index in [2.05, 4.69) is 41.4 Å². The number of nitrogens with zero attached hydrogens (tertiary/aromatic N) is 1. The van der Waals surface area contributed by atoms with Gasteiger partial charge in [0.25, 0.3) is 0 Å². The van der Waals surface area contributed by atoms with Gasteiger partial charge in [-0.25, -0.2) is 0 Å². The zero-order valence-corrected chi connectivity index (χ0v) is 12.3. The quantitative estimate of drug-likeness (QED) is 0.912. The summed E-state index contributed by atoms with van der Waals surface area (Å²) in [6.45, 7) is 5.06. The minimum absolute atomic E-state index is 0.181. The Kier molecular flexibility index (Phi) is 3.62. The lowest BCUT2D eigenvalue weighted by Crippen LogP contribution is -2.53. The Hall–Kier alpha value is -1.61. The van der Waals surface area contributed by atoms with E-state index in [1.54, 1.807) is 12.6 Å². The summed E-state index contributed by atoms with van der Waals surface area (Å²) in [6.07, 6.45) is 2.31. The third kappa shape index (κ3) is 2.38. The van der Waals surface area contributed by atoms with Crippen LogP contribution in [0, 0.1) is 5.92 Å². The molecule has 0 spiro atoms. The molecule has 0 aromatic heterocycles. The van der Waals surface area contributed by atoms with Crippen LogP contribution >= 0.6 is 0 Å². The van der Waals surface area contributed by atoms with Crippen LogP contribution in [-0.4, -0.2) is 37.5 Å². The Morgan fingerprint density at radius 3 is 2.80 bits per heavy atom. The van der Waals surface area contributed by atoms with Crippen LogP contribution in [-0.2, 0) is 11.2 Å². The van der Waals surface area contributed by atoms with Gasteiger partial charge in [0, 0.05) is 26.7 Å². The largest absolute Gasteiger partial charge is 0.359 e. The molecule has 1 aromatic carbocycles. The van der Waals surface area contributed by atoms with E-state index in [9.17, 15) is 4.79 Å². The highest BCUT2D eigenvalue weighted by Gasteiger charge is 2.32. The molecule has 3 nitrogen and oxygen atoms in total. The highest BCUT2D eigenvalue weighted by Crippen LogP contribution is 2.32. The van der Waals surface area contributed by atoms with Crippen LogP contribution in [0.1, 0.15) is 24.5 Å². The van der Waals surface area contributed by atoms with Gasteiger partial charge in [-0.05, 0) is 36.5 Å². The van der Waals surface area contributed by atoms with Crippen LogP contribution in [0.25, 0.3) is 5.57 Å². The van der Waals surface area contributed by atoms with E-state index in [1.165, 1.54) is 16.7 Å². The van der Waals surface area contributed by atoms with Gasteiger partial charge in [0.05, 0.1) is 5.92 Å². The second kappa shape index (κ2) is 5.41. The molecule has 1 N–H and O–H groups in total. The highest BCUT2D eigenvalue weighted by atomic mass is 16.1. The van der Waals surface area contributed by atoms with E-state index in [1.807, 2.05) is 0 Å². The van der Waals surface area contributed by atoms with Crippen LogP contribution < -0.4 is 5.32 Å². The number of benzene rings is 1. The SMILES string of the molecule is CNC(=O)C1CN(CC2=C(C)c3ccccc3CC2)C1. The fraction of sp³-hybridized carbons (Fsp3) is 0.471. The summed E-state index contributed by atoms with van der Waals surface area (Å²) in [4.78, 5) is 13.9. The summed E-state index contributed by atoms with van der Waals surface area (Å²) in [6, 6.07) is 8.71. The van der Waals surface area contributed by atoms with E-state index < -0.39 is 0 Å². The molecule has 3 rings (SSSR count). The number of carbonyl (C=O) groups excluding carboxylic acids is 1. The summed E-state index contributed by atoms with van der Waals surface area (Å²) in [5.41, 5.74) is 5.87. The van der Waals surface area contributed by atoms with E-state index in [4.69, 9.17) is 0 Å². The average molecular weight is 270 g/mol. The van der Waals surface area contributed by atoms with Gasteiger partial charge in [-0.1, -0.05) is 29.8 Å². The second-order valence-corrected chi connectivity index (χ2v) is 5.89. The molecule has 0 bridgehead atoms. The molecule has 3 heteroatoms. The molecule has 0 atom stereocenters. The number of hydrogen-bond donors (Lipinski definition) is 1. The summed E-state index contributed by atoms with van der Waals surface area (Å²) in [5.74, 6) is 0.373. The zero-order valence-electron chi connectivity index (χ0n) is 12.3. The number of fused-ring (bicyclic) bond motifs is 1. The van der Waals surface area contributed by atoms with Crippen molar-refractivity contribution >= 4 is 11.5 Å². The summed E-state index contributed by atoms with van der Waals surface area (Å²) < 4.78 is 0. The van der Waals surface area contributed by atoms with Gasteiger partial charge >= 0.3 is 0 Å². The predicted molar refractivity (Wildman–Crippen MR) is 81.4 cm³/mol. The van der Waals surface area contributed by atoms with E-state index in [0.717, 1.165) is 32.5 Å². The van der Waals surface area contributed by atoms with Gasteiger partial charge in [-0.15, -0.1) is 0 Å². The Balaban J connectivity index is 1.66. The Morgan fingerprint density at radius 1 is 1.30 bits per heavy atom. The molecule has 1 aliphatic heterocycles. The third-order valence-electron chi connectivity index (χ3n) is 4.64. The zero-order chi connectivity index (χ0) is 14.1. The molecule has 1 aliphatic carbocycles. The van der Waals surface area contributed by atoms with Crippen molar-refractivity contribution in [1.82, 2.24) is 10.2 Å². The number of aryl methyl sites for hydroxylation is 1. The second-order valence-electron chi connectivity index (χ2n) is 5.89. The standard InChI is InChI=1S/C17H22N2O/c1-12-14(8-7-13-5-3-4-6-16(12)13)9-19-10-15(11-19)17(20)18-2/h3-6,15H,7-11H2,1-2H3,(H,18,20). The lowest BCUT2D eigenvalue weighted by molar-refractivity contribution is -0.129. The lowest BCUT2D eigenvalue weighted by Gasteiger charge is -2.39. The molecule has 1 heterocycles. The molecule has 1 aromatic rings. The molecule has 0 unspecified atom stereocenters. The van der Waals surface area contributed by atoms with Crippen molar-refractivity contribution in [3.63, 3.8) is 0 Å². The summed E-state index contributed by atoms with van der Waals surface area (Å²) >= 11 is 0. The molecule has 0 radical (unpaired) electrons. The average Bonchev–Trinajstić information content (AvgIpc) is 2.44. The number of likely N-dealkylation sites (tertiary alicyclic amines) is 1. The van der Waals surface area contributed by atoms with E-state index >= 15 is 0 Å². The number of nitrogens with one attached hydrogen (secondary N) is 1. The van der Waals surface area contributed by atoms with Gasteiger partial charge in [-0.2, -0.15) is 0 Å². The molecule has 1 fully saturated rings. The maximum absolute atomic E-state index is 11.5. The first-order valence-electron chi connectivity index (χ1n) is 7.40. The molecule has 0 saturated carbocycles. The van der Waals surface area contributed by atoms with Gasteiger partial charge in [0.2, 0.25) is 5.91 Å². The fourth-order valence-electron chi connectivity index (χ4n) is 3.30. The Morgan fingerprint density at radius 2 is 2.05 bits per heavy atom. The first-order valence-corrected chi connectivity index (χ1v) is 7.40.